The molecule has 0 unspecified atom stereocenters. The fourth-order valence-electron chi connectivity index (χ4n) is 2.23. The van der Waals surface area contributed by atoms with Crippen LogP contribution in [0.25, 0.3) is 0 Å². The third kappa shape index (κ3) is 5.17. The SMILES string of the molecule is CC(=O)NCCNC(=O)C1CCC(CN)CC1. The minimum atomic E-state index is -0.0669. The fraction of sp³-hybridized carbons (Fsp3) is 0.833. The van der Waals surface area contributed by atoms with Crippen LogP contribution in [0.15, 0.2) is 0 Å². The molecule has 0 aromatic carbocycles. The van der Waals surface area contributed by atoms with E-state index in [9.17, 15) is 9.59 Å². The van der Waals surface area contributed by atoms with Gasteiger partial charge in [-0.3, -0.25) is 9.59 Å². The van der Waals surface area contributed by atoms with Crippen molar-refractivity contribution in [2.75, 3.05) is 19.6 Å². The highest BCUT2D eigenvalue weighted by molar-refractivity contribution is 5.78. The van der Waals surface area contributed by atoms with Crippen molar-refractivity contribution in [2.45, 2.75) is 32.6 Å². The molecule has 0 radical (unpaired) electrons. The van der Waals surface area contributed by atoms with Crippen LogP contribution in [0.2, 0.25) is 0 Å². The molecule has 0 aromatic rings. The second-order valence-corrected chi connectivity index (χ2v) is 4.73. The zero-order chi connectivity index (χ0) is 12.7. The molecule has 1 aliphatic carbocycles. The van der Waals surface area contributed by atoms with E-state index in [-0.39, 0.29) is 17.7 Å². The van der Waals surface area contributed by atoms with E-state index in [0.717, 1.165) is 32.2 Å². The Morgan fingerprint density at radius 3 is 2.24 bits per heavy atom. The van der Waals surface area contributed by atoms with Crippen LogP contribution in [-0.2, 0) is 9.59 Å². The molecule has 0 aliphatic heterocycles. The first-order valence-corrected chi connectivity index (χ1v) is 6.35. The number of hydrogen-bond donors (Lipinski definition) is 3. The molecule has 4 N–H and O–H groups in total. The molecule has 0 saturated heterocycles. The highest BCUT2D eigenvalue weighted by atomic mass is 16.2. The van der Waals surface area contributed by atoms with Crippen molar-refractivity contribution in [3.8, 4) is 0 Å². The summed E-state index contributed by atoms with van der Waals surface area (Å²) in [6.07, 6.45) is 3.99. The molecule has 1 aliphatic rings. The lowest BCUT2D eigenvalue weighted by Crippen LogP contribution is -2.38. The summed E-state index contributed by atoms with van der Waals surface area (Å²) in [5, 5.41) is 5.51. The van der Waals surface area contributed by atoms with E-state index in [0.29, 0.717) is 19.0 Å². The summed E-state index contributed by atoms with van der Waals surface area (Å²) < 4.78 is 0. The highest BCUT2D eigenvalue weighted by Crippen LogP contribution is 2.27. The Morgan fingerprint density at radius 1 is 1.12 bits per heavy atom. The van der Waals surface area contributed by atoms with E-state index in [1.165, 1.54) is 6.92 Å². The van der Waals surface area contributed by atoms with Crippen molar-refractivity contribution >= 4 is 11.8 Å². The Kier molecular flexibility index (Phi) is 5.97. The van der Waals surface area contributed by atoms with E-state index in [4.69, 9.17) is 5.73 Å². The summed E-state index contributed by atoms with van der Waals surface area (Å²) in [6, 6.07) is 0. The molecule has 98 valence electrons. The lowest BCUT2D eigenvalue weighted by Gasteiger charge is -2.26. The van der Waals surface area contributed by atoms with Crippen molar-refractivity contribution in [1.82, 2.24) is 10.6 Å². The van der Waals surface area contributed by atoms with Gasteiger partial charge >= 0.3 is 0 Å². The smallest absolute Gasteiger partial charge is 0.223 e. The summed E-state index contributed by atoms with van der Waals surface area (Å²) in [6.45, 7) is 3.21. The molecule has 0 aromatic heterocycles. The standard InChI is InChI=1S/C12H23N3O2/c1-9(16)14-6-7-15-12(17)11-4-2-10(8-13)3-5-11/h10-11H,2-8,13H2,1H3,(H,14,16)(H,15,17). The Labute approximate surface area is 103 Å². The van der Waals surface area contributed by atoms with Crippen molar-refractivity contribution in [3.63, 3.8) is 0 Å². The monoisotopic (exact) mass is 241 g/mol. The summed E-state index contributed by atoms with van der Waals surface area (Å²) in [4.78, 5) is 22.4. The number of carbonyl (C=O) groups excluding carboxylic acids is 2. The van der Waals surface area contributed by atoms with Gasteiger partial charge in [-0.25, -0.2) is 0 Å². The van der Waals surface area contributed by atoms with Crippen molar-refractivity contribution in [1.29, 1.82) is 0 Å². The van der Waals surface area contributed by atoms with Gasteiger partial charge in [0.05, 0.1) is 0 Å². The lowest BCUT2D eigenvalue weighted by atomic mass is 9.81. The molecule has 0 heterocycles. The van der Waals surface area contributed by atoms with Gasteiger partial charge in [0.15, 0.2) is 0 Å². The van der Waals surface area contributed by atoms with Crippen LogP contribution in [0.4, 0.5) is 0 Å². The van der Waals surface area contributed by atoms with Crippen LogP contribution in [0, 0.1) is 11.8 Å². The van der Waals surface area contributed by atoms with Gasteiger partial charge in [-0.15, -0.1) is 0 Å². The highest BCUT2D eigenvalue weighted by Gasteiger charge is 2.25. The fourth-order valence-corrected chi connectivity index (χ4v) is 2.23. The maximum atomic E-state index is 11.8. The van der Waals surface area contributed by atoms with Gasteiger partial charge in [0.1, 0.15) is 0 Å². The van der Waals surface area contributed by atoms with Gasteiger partial charge in [0.2, 0.25) is 11.8 Å². The first-order valence-electron chi connectivity index (χ1n) is 6.35. The Bertz CT molecular complexity index is 260. The molecule has 17 heavy (non-hydrogen) atoms. The number of carbonyl (C=O) groups is 2. The van der Waals surface area contributed by atoms with Crippen LogP contribution in [0.1, 0.15) is 32.6 Å². The zero-order valence-corrected chi connectivity index (χ0v) is 10.5. The minimum Gasteiger partial charge on any atom is -0.355 e. The molecule has 0 spiro atoms. The van der Waals surface area contributed by atoms with Gasteiger partial charge in [-0.1, -0.05) is 0 Å². The van der Waals surface area contributed by atoms with Crippen LogP contribution in [-0.4, -0.2) is 31.4 Å². The lowest BCUT2D eigenvalue weighted by molar-refractivity contribution is -0.126. The largest absolute Gasteiger partial charge is 0.355 e. The Morgan fingerprint density at radius 2 is 1.71 bits per heavy atom. The van der Waals surface area contributed by atoms with E-state index in [1.54, 1.807) is 0 Å². The maximum Gasteiger partial charge on any atom is 0.223 e. The molecular formula is C12H23N3O2. The summed E-state index contributed by atoms with van der Waals surface area (Å²) in [5.74, 6) is 0.780. The topological polar surface area (TPSA) is 84.2 Å². The van der Waals surface area contributed by atoms with Crippen molar-refractivity contribution in [3.05, 3.63) is 0 Å². The number of rotatable bonds is 5. The van der Waals surface area contributed by atoms with Gasteiger partial charge in [0.25, 0.3) is 0 Å². The third-order valence-electron chi connectivity index (χ3n) is 3.35. The molecule has 2 amide bonds. The second kappa shape index (κ2) is 7.27. The van der Waals surface area contributed by atoms with E-state index >= 15 is 0 Å². The van der Waals surface area contributed by atoms with Gasteiger partial charge in [-0.05, 0) is 38.1 Å². The van der Waals surface area contributed by atoms with Crippen LogP contribution >= 0.6 is 0 Å². The minimum absolute atomic E-state index is 0.0669. The first kappa shape index (κ1) is 14.0. The van der Waals surface area contributed by atoms with Gasteiger partial charge in [0, 0.05) is 25.9 Å². The van der Waals surface area contributed by atoms with Crippen molar-refractivity contribution in [2.24, 2.45) is 17.6 Å². The normalized spacial score (nSPS) is 24.1. The predicted octanol–water partition coefficient (Wildman–Crippen LogP) is 0.00380. The van der Waals surface area contributed by atoms with Crippen molar-refractivity contribution < 1.29 is 9.59 Å². The molecule has 5 nitrogen and oxygen atoms in total. The van der Waals surface area contributed by atoms with Gasteiger partial charge in [-0.2, -0.15) is 0 Å². The number of nitrogens with two attached hydrogens (primary N) is 1. The molecule has 0 atom stereocenters. The molecule has 1 fully saturated rings. The average Bonchev–Trinajstić information content (AvgIpc) is 2.34. The Balaban J connectivity index is 2.14. The molecule has 1 saturated carbocycles. The Hall–Kier alpha value is -1.10. The molecule has 1 rings (SSSR count). The summed E-state index contributed by atoms with van der Waals surface area (Å²) >= 11 is 0. The van der Waals surface area contributed by atoms with Crippen LogP contribution in [0.3, 0.4) is 0 Å². The number of hydrogen-bond acceptors (Lipinski definition) is 3. The van der Waals surface area contributed by atoms with E-state index in [2.05, 4.69) is 10.6 Å². The average molecular weight is 241 g/mol. The molecule has 5 heteroatoms. The zero-order valence-electron chi connectivity index (χ0n) is 10.5. The number of nitrogens with one attached hydrogen (secondary N) is 2. The van der Waals surface area contributed by atoms with E-state index < -0.39 is 0 Å². The van der Waals surface area contributed by atoms with Crippen LogP contribution in [0.5, 0.6) is 0 Å². The quantitative estimate of drug-likeness (QED) is 0.593. The van der Waals surface area contributed by atoms with E-state index in [1.807, 2.05) is 0 Å². The molecular weight excluding hydrogens is 218 g/mol. The summed E-state index contributed by atoms with van der Waals surface area (Å²) in [7, 11) is 0. The van der Waals surface area contributed by atoms with Crippen LogP contribution < -0.4 is 16.4 Å². The van der Waals surface area contributed by atoms with Gasteiger partial charge < -0.3 is 16.4 Å². The number of amides is 2. The first-order chi connectivity index (χ1) is 8.13. The maximum absolute atomic E-state index is 11.8. The second-order valence-electron chi connectivity index (χ2n) is 4.73. The predicted molar refractivity (Wildman–Crippen MR) is 66.2 cm³/mol. The summed E-state index contributed by atoms with van der Waals surface area (Å²) in [5.41, 5.74) is 5.61. The third-order valence-corrected chi connectivity index (χ3v) is 3.35. The molecule has 0 bridgehead atoms.